The summed E-state index contributed by atoms with van der Waals surface area (Å²) in [6, 6.07) is 5.03. The zero-order valence-corrected chi connectivity index (χ0v) is 12.8. The SMILES string of the molecule is Cc1ccc(C(=O)NC2C(C)(C)C(N)C2(C)C)cc1O. The molecule has 4 nitrogen and oxygen atoms in total. The topological polar surface area (TPSA) is 75.4 Å². The Labute approximate surface area is 120 Å². The summed E-state index contributed by atoms with van der Waals surface area (Å²) < 4.78 is 0. The van der Waals surface area contributed by atoms with E-state index in [4.69, 9.17) is 5.73 Å². The second-order valence-electron chi connectivity index (χ2n) is 7.03. The Morgan fingerprint density at radius 1 is 1.25 bits per heavy atom. The van der Waals surface area contributed by atoms with Gasteiger partial charge in [0.15, 0.2) is 0 Å². The average molecular weight is 276 g/mol. The molecule has 0 bridgehead atoms. The molecule has 1 aromatic rings. The van der Waals surface area contributed by atoms with Gasteiger partial charge in [-0.05, 0) is 24.6 Å². The Morgan fingerprint density at radius 3 is 2.30 bits per heavy atom. The van der Waals surface area contributed by atoms with Gasteiger partial charge in [-0.1, -0.05) is 33.8 Å². The lowest BCUT2D eigenvalue weighted by Gasteiger charge is -2.62. The van der Waals surface area contributed by atoms with Crippen LogP contribution in [-0.4, -0.2) is 23.1 Å². The van der Waals surface area contributed by atoms with Crippen molar-refractivity contribution in [2.45, 2.75) is 46.7 Å². The van der Waals surface area contributed by atoms with Gasteiger partial charge in [0, 0.05) is 28.5 Å². The largest absolute Gasteiger partial charge is 0.508 e. The van der Waals surface area contributed by atoms with Crippen LogP contribution in [0.15, 0.2) is 18.2 Å². The third-order valence-electron chi connectivity index (χ3n) is 4.84. The maximum atomic E-state index is 12.3. The summed E-state index contributed by atoms with van der Waals surface area (Å²) in [5.74, 6) is -0.0279. The number of aromatic hydroxyl groups is 1. The molecule has 0 spiro atoms. The van der Waals surface area contributed by atoms with E-state index in [0.29, 0.717) is 5.56 Å². The number of rotatable bonds is 2. The van der Waals surface area contributed by atoms with Gasteiger partial charge in [0.2, 0.25) is 0 Å². The van der Waals surface area contributed by atoms with E-state index in [1.807, 2.05) is 0 Å². The number of carbonyl (C=O) groups excluding carboxylic acids is 1. The van der Waals surface area contributed by atoms with E-state index in [1.54, 1.807) is 19.1 Å². The predicted octanol–water partition coefficient (Wildman–Crippen LogP) is 2.19. The number of nitrogens with one attached hydrogen (secondary N) is 1. The summed E-state index contributed by atoms with van der Waals surface area (Å²) in [4.78, 5) is 12.3. The van der Waals surface area contributed by atoms with E-state index in [9.17, 15) is 9.90 Å². The summed E-state index contributed by atoms with van der Waals surface area (Å²) in [5.41, 5.74) is 7.16. The molecule has 1 saturated carbocycles. The molecule has 0 unspecified atom stereocenters. The molecule has 1 amide bonds. The second kappa shape index (κ2) is 4.48. The summed E-state index contributed by atoms with van der Waals surface area (Å²) in [6.07, 6.45) is 0. The molecule has 0 atom stereocenters. The number of benzene rings is 1. The highest BCUT2D eigenvalue weighted by atomic mass is 16.3. The monoisotopic (exact) mass is 276 g/mol. The first kappa shape index (κ1) is 14.9. The van der Waals surface area contributed by atoms with E-state index in [2.05, 4.69) is 33.0 Å². The summed E-state index contributed by atoms with van der Waals surface area (Å²) in [6.45, 7) is 10.1. The van der Waals surface area contributed by atoms with E-state index in [0.717, 1.165) is 5.56 Å². The van der Waals surface area contributed by atoms with E-state index in [1.165, 1.54) is 6.07 Å². The van der Waals surface area contributed by atoms with Crippen LogP contribution in [0.5, 0.6) is 5.75 Å². The third kappa shape index (κ3) is 2.08. The highest BCUT2D eigenvalue weighted by Gasteiger charge is 2.60. The first-order chi connectivity index (χ1) is 9.08. The zero-order chi connectivity index (χ0) is 15.3. The van der Waals surface area contributed by atoms with Gasteiger partial charge >= 0.3 is 0 Å². The lowest BCUT2D eigenvalue weighted by molar-refractivity contribution is -0.0663. The van der Waals surface area contributed by atoms with E-state index >= 15 is 0 Å². The number of amides is 1. The van der Waals surface area contributed by atoms with Crippen molar-refractivity contribution in [2.24, 2.45) is 16.6 Å². The molecule has 1 fully saturated rings. The number of phenolic OH excluding ortho intramolecular Hbond substituents is 1. The zero-order valence-electron chi connectivity index (χ0n) is 12.8. The molecule has 4 N–H and O–H groups in total. The van der Waals surface area contributed by atoms with Crippen molar-refractivity contribution in [3.63, 3.8) is 0 Å². The smallest absolute Gasteiger partial charge is 0.251 e. The van der Waals surface area contributed by atoms with Gasteiger partial charge in [0.05, 0.1) is 0 Å². The van der Waals surface area contributed by atoms with Crippen LogP contribution >= 0.6 is 0 Å². The molecule has 110 valence electrons. The van der Waals surface area contributed by atoms with Crippen LogP contribution in [0.4, 0.5) is 0 Å². The van der Waals surface area contributed by atoms with E-state index in [-0.39, 0.29) is 34.6 Å². The molecule has 1 aromatic carbocycles. The van der Waals surface area contributed by atoms with Crippen molar-refractivity contribution in [3.8, 4) is 5.75 Å². The van der Waals surface area contributed by atoms with E-state index < -0.39 is 0 Å². The van der Waals surface area contributed by atoms with Gasteiger partial charge in [-0.2, -0.15) is 0 Å². The number of carbonyl (C=O) groups is 1. The van der Waals surface area contributed by atoms with Crippen molar-refractivity contribution in [2.75, 3.05) is 0 Å². The first-order valence-corrected chi connectivity index (χ1v) is 6.94. The van der Waals surface area contributed by atoms with Crippen LogP contribution in [-0.2, 0) is 0 Å². The molecule has 0 aliphatic heterocycles. The number of hydrogen-bond donors (Lipinski definition) is 3. The predicted molar refractivity (Wildman–Crippen MR) is 79.6 cm³/mol. The molecule has 0 aromatic heterocycles. The molecule has 20 heavy (non-hydrogen) atoms. The molecule has 1 aliphatic rings. The average Bonchev–Trinajstić information content (AvgIpc) is 2.37. The van der Waals surface area contributed by atoms with Crippen molar-refractivity contribution >= 4 is 5.91 Å². The van der Waals surface area contributed by atoms with Gasteiger partial charge in [-0.3, -0.25) is 4.79 Å². The molecular formula is C16H24N2O2. The molecule has 4 heteroatoms. The molecule has 1 aliphatic carbocycles. The highest BCUT2D eigenvalue weighted by Crippen LogP contribution is 2.52. The molecular weight excluding hydrogens is 252 g/mol. The van der Waals surface area contributed by atoms with Crippen LogP contribution in [0.25, 0.3) is 0 Å². The normalized spacial score (nSPS) is 26.7. The summed E-state index contributed by atoms with van der Waals surface area (Å²) in [5, 5.41) is 12.8. The number of phenols is 1. The Balaban J connectivity index is 2.18. The fraction of sp³-hybridized carbons (Fsp3) is 0.562. The first-order valence-electron chi connectivity index (χ1n) is 6.94. The van der Waals surface area contributed by atoms with Crippen molar-refractivity contribution in [1.82, 2.24) is 5.32 Å². The standard InChI is InChI=1S/C16H24N2O2/c1-9-6-7-10(8-11(9)19)12(20)18-14-15(2,3)13(17)16(14,4)5/h6-8,13-14,19H,17H2,1-5H3,(H,18,20). The Hall–Kier alpha value is -1.55. The summed E-state index contributed by atoms with van der Waals surface area (Å²) in [7, 11) is 0. The van der Waals surface area contributed by atoms with Crippen molar-refractivity contribution in [1.29, 1.82) is 0 Å². The van der Waals surface area contributed by atoms with Gasteiger partial charge in [-0.25, -0.2) is 0 Å². The Kier molecular flexibility index (Phi) is 3.33. The van der Waals surface area contributed by atoms with Crippen LogP contribution in [0, 0.1) is 17.8 Å². The Bertz CT molecular complexity index is 533. The van der Waals surface area contributed by atoms with Crippen LogP contribution in [0.2, 0.25) is 0 Å². The molecule has 0 saturated heterocycles. The Morgan fingerprint density at radius 2 is 1.80 bits per heavy atom. The second-order valence-corrected chi connectivity index (χ2v) is 7.03. The van der Waals surface area contributed by atoms with Crippen LogP contribution < -0.4 is 11.1 Å². The number of hydrogen-bond acceptors (Lipinski definition) is 3. The van der Waals surface area contributed by atoms with Crippen molar-refractivity contribution in [3.05, 3.63) is 29.3 Å². The molecule has 2 rings (SSSR count). The minimum atomic E-state index is -0.168. The van der Waals surface area contributed by atoms with Crippen LogP contribution in [0.1, 0.15) is 43.6 Å². The minimum absolute atomic E-state index is 0.0148. The third-order valence-corrected chi connectivity index (χ3v) is 4.84. The van der Waals surface area contributed by atoms with Crippen molar-refractivity contribution < 1.29 is 9.90 Å². The fourth-order valence-corrected chi connectivity index (χ4v) is 3.52. The molecule has 0 radical (unpaired) electrons. The highest BCUT2D eigenvalue weighted by molar-refractivity contribution is 5.95. The maximum absolute atomic E-state index is 12.3. The van der Waals surface area contributed by atoms with Gasteiger partial charge in [-0.15, -0.1) is 0 Å². The lowest BCUT2D eigenvalue weighted by Crippen LogP contribution is -2.76. The van der Waals surface area contributed by atoms with Gasteiger partial charge < -0.3 is 16.2 Å². The number of nitrogens with two attached hydrogens (primary N) is 1. The number of aryl methyl sites for hydroxylation is 1. The lowest BCUT2D eigenvalue weighted by atomic mass is 9.48. The fourth-order valence-electron chi connectivity index (χ4n) is 3.52. The summed E-state index contributed by atoms with van der Waals surface area (Å²) >= 11 is 0. The van der Waals surface area contributed by atoms with Gasteiger partial charge in [0.25, 0.3) is 5.91 Å². The molecule has 0 heterocycles. The quantitative estimate of drug-likeness (QED) is 0.775. The van der Waals surface area contributed by atoms with Crippen LogP contribution in [0.3, 0.4) is 0 Å². The minimum Gasteiger partial charge on any atom is -0.508 e. The van der Waals surface area contributed by atoms with Gasteiger partial charge in [0.1, 0.15) is 5.75 Å². The maximum Gasteiger partial charge on any atom is 0.251 e.